The summed E-state index contributed by atoms with van der Waals surface area (Å²) in [4.78, 5) is 14.1. The molecule has 5 nitrogen and oxygen atoms in total. The lowest BCUT2D eigenvalue weighted by Crippen LogP contribution is -2.32. The molecule has 0 saturated carbocycles. The first-order chi connectivity index (χ1) is 8.33. The van der Waals surface area contributed by atoms with Gasteiger partial charge in [-0.15, -0.1) is 0 Å². The van der Waals surface area contributed by atoms with Crippen molar-refractivity contribution in [3.05, 3.63) is 18.5 Å². The van der Waals surface area contributed by atoms with Gasteiger partial charge >= 0.3 is 0 Å². The molecule has 3 heterocycles. The van der Waals surface area contributed by atoms with E-state index in [1.54, 1.807) is 6.20 Å². The van der Waals surface area contributed by atoms with Crippen LogP contribution in [0.4, 0.5) is 0 Å². The van der Waals surface area contributed by atoms with Gasteiger partial charge in [-0.1, -0.05) is 0 Å². The van der Waals surface area contributed by atoms with Crippen molar-refractivity contribution >= 4 is 5.91 Å². The highest BCUT2D eigenvalue weighted by Crippen LogP contribution is 2.26. The van der Waals surface area contributed by atoms with Crippen molar-refractivity contribution in [3.63, 3.8) is 0 Å². The number of likely N-dealkylation sites (tertiary alicyclic amines) is 1. The predicted molar refractivity (Wildman–Crippen MR) is 63.3 cm³/mol. The van der Waals surface area contributed by atoms with E-state index >= 15 is 0 Å². The van der Waals surface area contributed by atoms with Crippen LogP contribution in [-0.2, 0) is 11.3 Å². The van der Waals surface area contributed by atoms with Crippen LogP contribution in [0.25, 0.3) is 0 Å². The standard InChI is InChI=1S/C12H18N4O/c17-12(2-5-16-4-1-3-14-16)15-8-10-6-13-7-11(10)9-15/h1,3-4,10-11,13H,2,5-9H2. The van der Waals surface area contributed by atoms with Crippen LogP contribution < -0.4 is 5.32 Å². The highest BCUT2D eigenvalue weighted by Gasteiger charge is 2.37. The molecular formula is C12H18N4O. The maximum absolute atomic E-state index is 12.0. The SMILES string of the molecule is O=C(CCn1cccn1)N1CC2CNCC2C1. The van der Waals surface area contributed by atoms with E-state index in [0.717, 1.165) is 26.2 Å². The number of aryl methyl sites for hydroxylation is 1. The molecule has 1 aromatic heterocycles. The van der Waals surface area contributed by atoms with Gasteiger partial charge in [-0.2, -0.15) is 5.10 Å². The third-order valence-corrected chi connectivity index (χ3v) is 3.86. The Labute approximate surface area is 101 Å². The summed E-state index contributed by atoms with van der Waals surface area (Å²) in [6.07, 6.45) is 4.21. The molecule has 2 unspecified atom stereocenters. The van der Waals surface area contributed by atoms with Crippen LogP contribution in [0.3, 0.4) is 0 Å². The molecule has 0 aliphatic carbocycles. The first-order valence-electron chi connectivity index (χ1n) is 6.29. The molecule has 2 aliphatic heterocycles. The van der Waals surface area contributed by atoms with E-state index in [1.165, 1.54) is 0 Å². The van der Waals surface area contributed by atoms with Crippen LogP contribution in [0.2, 0.25) is 0 Å². The van der Waals surface area contributed by atoms with Crippen LogP contribution in [0.15, 0.2) is 18.5 Å². The fourth-order valence-corrected chi connectivity index (χ4v) is 2.86. The Morgan fingerprint density at radius 1 is 1.35 bits per heavy atom. The summed E-state index contributed by atoms with van der Waals surface area (Å²) in [5, 5.41) is 7.49. The molecule has 2 fully saturated rings. The van der Waals surface area contributed by atoms with E-state index in [1.807, 2.05) is 21.8 Å². The van der Waals surface area contributed by atoms with Gasteiger partial charge in [0, 0.05) is 51.5 Å². The molecule has 2 atom stereocenters. The number of amides is 1. The molecule has 1 aromatic rings. The van der Waals surface area contributed by atoms with Crippen molar-refractivity contribution in [3.8, 4) is 0 Å². The summed E-state index contributed by atoms with van der Waals surface area (Å²) in [7, 11) is 0. The zero-order valence-electron chi connectivity index (χ0n) is 9.88. The van der Waals surface area contributed by atoms with E-state index in [9.17, 15) is 4.79 Å². The highest BCUT2D eigenvalue weighted by atomic mass is 16.2. The Bertz CT molecular complexity index is 377. The molecule has 1 amide bonds. The lowest BCUT2D eigenvalue weighted by atomic mass is 10.0. The Kier molecular flexibility index (Phi) is 2.84. The quantitative estimate of drug-likeness (QED) is 0.798. The van der Waals surface area contributed by atoms with Crippen molar-refractivity contribution in [2.45, 2.75) is 13.0 Å². The monoisotopic (exact) mass is 234 g/mol. The second kappa shape index (κ2) is 4.49. The summed E-state index contributed by atoms with van der Waals surface area (Å²) < 4.78 is 1.82. The number of carbonyl (C=O) groups excluding carboxylic acids is 1. The van der Waals surface area contributed by atoms with Gasteiger partial charge in [0.05, 0.1) is 0 Å². The lowest BCUT2D eigenvalue weighted by molar-refractivity contribution is -0.130. The van der Waals surface area contributed by atoms with Gasteiger partial charge in [0.25, 0.3) is 0 Å². The van der Waals surface area contributed by atoms with Gasteiger partial charge in [0.15, 0.2) is 0 Å². The molecule has 0 spiro atoms. The van der Waals surface area contributed by atoms with Crippen LogP contribution in [-0.4, -0.2) is 46.8 Å². The van der Waals surface area contributed by atoms with Crippen molar-refractivity contribution in [1.29, 1.82) is 0 Å². The Morgan fingerprint density at radius 2 is 2.12 bits per heavy atom. The van der Waals surface area contributed by atoms with Crippen LogP contribution in [0.1, 0.15) is 6.42 Å². The minimum absolute atomic E-state index is 0.273. The van der Waals surface area contributed by atoms with Gasteiger partial charge in [-0.3, -0.25) is 9.48 Å². The summed E-state index contributed by atoms with van der Waals surface area (Å²) in [6, 6.07) is 1.89. The Balaban J connectivity index is 1.50. The minimum Gasteiger partial charge on any atom is -0.342 e. The normalized spacial score (nSPS) is 27.4. The number of hydrogen-bond donors (Lipinski definition) is 1. The largest absolute Gasteiger partial charge is 0.342 e. The fraction of sp³-hybridized carbons (Fsp3) is 0.667. The van der Waals surface area contributed by atoms with Gasteiger partial charge in [0.2, 0.25) is 5.91 Å². The molecule has 1 N–H and O–H groups in total. The van der Waals surface area contributed by atoms with Crippen LogP contribution in [0.5, 0.6) is 0 Å². The number of aromatic nitrogens is 2. The van der Waals surface area contributed by atoms with Gasteiger partial charge in [-0.05, 0) is 17.9 Å². The zero-order valence-corrected chi connectivity index (χ0v) is 9.88. The van der Waals surface area contributed by atoms with E-state index in [4.69, 9.17) is 0 Å². The van der Waals surface area contributed by atoms with E-state index in [-0.39, 0.29) is 5.91 Å². The second-order valence-corrected chi connectivity index (χ2v) is 5.00. The average molecular weight is 234 g/mol. The Hall–Kier alpha value is -1.36. The van der Waals surface area contributed by atoms with E-state index in [2.05, 4.69) is 10.4 Å². The summed E-state index contributed by atoms with van der Waals surface area (Å²) in [5.41, 5.74) is 0. The predicted octanol–water partition coefficient (Wildman–Crippen LogP) is -0.0490. The van der Waals surface area contributed by atoms with Crippen LogP contribution in [0, 0.1) is 11.8 Å². The third kappa shape index (κ3) is 2.20. The van der Waals surface area contributed by atoms with Gasteiger partial charge in [0.1, 0.15) is 0 Å². The lowest BCUT2D eigenvalue weighted by Gasteiger charge is -2.17. The number of hydrogen-bond acceptors (Lipinski definition) is 3. The van der Waals surface area contributed by atoms with Gasteiger partial charge < -0.3 is 10.2 Å². The molecule has 2 aliphatic rings. The number of fused-ring (bicyclic) bond motifs is 1. The van der Waals surface area contributed by atoms with Crippen molar-refractivity contribution < 1.29 is 4.79 Å². The molecular weight excluding hydrogens is 216 g/mol. The van der Waals surface area contributed by atoms with Gasteiger partial charge in [-0.25, -0.2) is 0 Å². The molecule has 3 rings (SSSR count). The first kappa shape index (κ1) is 10.8. The molecule has 0 radical (unpaired) electrons. The highest BCUT2D eigenvalue weighted by molar-refractivity contribution is 5.76. The molecule has 92 valence electrons. The van der Waals surface area contributed by atoms with E-state index < -0.39 is 0 Å². The van der Waals surface area contributed by atoms with Crippen molar-refractivity contribution in [2.75, 3.05) is 26.2 Å². The molecule has 0 bridgehead atoms. The summed E-state index contributed by atoms with van der Waals surface area (Å²) >= 11 is 0. The number of rotatable bonds is 3. The van der Waals surface area contributed by atoms with Crippen molar-refractivity contribution in [1.82, 2.24) is 20.0 Å². The van der Waals surface area contributed by atoms with Crippen LogP contribution >= 0.6 is 0 Å². The second-order valence-electron chi connectivity index (χ2n) is 5.00. The zero-order chi connectivity index (χ0) is 11.7. The molecule has 2 saturated heterocycles. The summed E-state index contributed by atoms with van der Waals surface area (Å²) in [5.74, 6) is 1.64. The number of nitrogens with zero attached hydrogens (tertiary/aromatic N) is 3. The fourth-order valence-electron chi connectivity index (χ4n) is 2.86. The topological polar surface area (TPSA) is 50.2 Å². The van der Waals surface area contributed by atoms with Crippen molar-refractivity contribution in [2.24, 2.45) is 11.8 Å². The summed E-state index contributed by atoms with van der Waals surface area (Å²) in [6.45, 7) is 4.72. The maximum atomic E-state index is 12.0. The molecule has 5 heteroatoms. The molecule has 17 heavy (non-hydrogen) atoms. The van der Waals surface area contributed by atoms with E-state index in [0.29, 0.717) is 24.8 Å². The first-order valence-corrected chi connectivity index (χ1v) is 6.29. The number of nitrogens with one attached hydrogen (secondary N) is 1. The minimum atomic E-state index is 0.273. The third-order valence-electron chi connectivity index (χ3n) is 3.86. The number of carbonyl (C=O) groups is 1. The maximum Gasteiger partial charge on any atom is 0.224 e. The smallest absolute Gasteiger partial charge is 0.224 e. The average Bonchev–Trinajstić information content (AvgIpc) is 3.01. The molecule has 0 aromatic carbocycles. The Morgan fingerprint density at radius 3 is 2.76 bits per heavy atom.